The number of allylic oxidation sites excluding steroid dienone is 4. The van der Waals surface area contributed by atoms with Crippen molar-refractivity contribution in [2.45, 2.75) is 26.4 Å². The highest BCUT2D eigenvalue weighted by Gasteiger charge is 1.77. The summed E-state index contributed by atoms with van der Waals surface area (Å²) >= 11 is 0. The molecular weight excluding hydrogens is 186 g/mol. The fraction of sp³-hybridized carbons (Fsp3) is 0.385. The lowest BCUT2D eigenvalue weighted by Crippen LogP contribution is -2.04. The van der Waals surface area contributed by atoms with E-state index < -0.39 is 0 Å². The van der Waals surface area contributed by atoms with Crippen LogP contribution in [0.1, 0.15) is 20.3 Å². The van der Waals surface area contributed by atoms with E-state index in [1.54, 1.807) is 13.8 Å². The van der Waals surface area contributed by atoms with E-state index in [0.29, 0.717) is 0 Å². The van der Waals surface area contributed by atoms with E-state index in [2.05, 4.69) is 30.6 Å². The van der Waals surface area contributed by atoms with Crippen LogP contribution in [0.25, 0.3) is 0 Å². The molecule has 1 aliphatic heterocycles. The molecule has 0 saturated carbocycles. The molecule has 0 spiro atoms. The Labute approximate surface area is 93.7 Å². The molecule has 86 valence electrons. The highest BCUT2D eigenvalue weighted by atomic mass is 16.3. The van der Waals surface area contributed by atoms with E-state index in [9.17, 15) is 0 Å². The summed E-state index contributed by atoms with van der Waals surface area (Å²) in [4.78, 5) is 0. The van der Waals surface area contributed by atoms with Gasteiger partial charge in [0.2, 0.25) is 0 Å². The van der Waals surface area contributed by atoms with E-state index in [4.69, 9.17) is 5.11 Å². The maximum Gasteiger partial charge on any atom is 0.0483 e. The predicted molar refractivity (Wildman–Crippen MR) is 68.6 cm³/mol. The number of nitrogens with one attached hydrogen (secondary N) is 1. The van der Waals surface area contributed by atoms with Crippen molar-refractivity contribution in [3.63, 3.8) is 0 Å². The van der Waals surface area contributed by atoms with Gasteiger partial charge in [-0.05, 0) is 32.5 Å². The normalized spacial score (nSPS) is 19.7. The molecule has 0 atom stereocenters. The van der Waals surface area contributed by atoms with Gasteiger partial charge in [-0.25, -0.2) is 0 Å². The number of aliphatic hydroxyl groups is 1. The van der Waals surface area contributed by atoms with Crippen LogP contribution in [-0.4, -0.2) is 17.8 Å². The molecule has 1 heterocycles. The molecule has 2 nitrogen and oxygen atoms in total. The molecule has 1 aliphatic rings. The van der Waals surface area contributed by atoms with Gasteiger partial charge in [0.15, 0.2) is 0 Å². The first-order chi connectivity index (χ1) is 7.23. The molecule has 0 radical (unpaired) electrons. The van der Waals surface area contributed by atoms with Crippen LogP contribution in [0.2, 0.25) is 0 Å². The van der Waals surface area contributed by atoms with Crippen LogP contribution in [0, 0.1) is 0 Å². The van der Waals surface area contributed by atoms with E-state index in [-0.39, 0.29) is 6.10 Å². The van der Waals surface area contributed by atoms with Crippen LogP contribution in [0.4, 0.5) is 0 Å². The van der Waals surface area contributed by atoms with Gasteiger partial charge in [0.1, 0.15) is 0 Å². The predicted octanol–water partition coefficient (Wildman–Crippen LogP) is 2.80. The Morgan fingerprint density at radius 2 is 1.67 bits per heavy atom. The van der Waals surface area contributed by atoms with Gasteiger partial charge in [0.05, 0.1) is 0 Å². The minimum atomic E-state index is -0.167. The fourth-order valence-electron chi connectivity index (χ4n) is 0.677. The van der Waals surface area contributed by atoms with Crippen LogP contribution in [0.5, 0.6) is 0 Å². The van der Waals surface area contributed by atoms with Crippen molar-refractivity contribution in [3.05, 3.63) is 49.7 Å². The van der Waals surface area contributed by atoms with E-state index in [1.165, 1.54) is 0 Å². The van der Waals surface area contributed by atoms with E-state index in [1.807, 2.05) is 24.4 Å². The maximum absolute atomic E-state index is 8.06. The third kappa shape index (κ3) is 24.5. The molecule has 0 aromatic heterocycles. The van der Waals surface area contributed by atoms with Crippen molar-refractivity contribution in [2.24, 2.45) is 0 Å². The average Bonchev–Trinajstić information content (AvgIpc) is 2.34. The van der Waals surface area contributed by atoms with E-state index in [0.717, 1.165) is 13.0 Å². The zero-order valence-corrected chi connectivity index (χ0v) is 9.82. The first-order valence-corrected chi connectivity index (χ1v) is 5.13. The second kappa shape index (κ2) is 15.2. The second-order valence-corrected chi connectivity index (χ2v) is 3.01. The number of hydrogen-bond acceptors (Lipinski definition) is 2. The van der Waals surface area contributed by atoms with E-state index >= 15 is 0 Å². The topological polar surface area (TPSA) is 32.3 Å². The molecule has 0 saturated heterocycles. The van der Waals surface area contributed by atoms with Gasteiger partial charge >= 0.3 is 0 Å². The zero-order valence-electron chi connectivity index (χ0n) is 9.82. The minimum Gasteiger partial charge on any atom is -0.394 e. The molecule has 0 aromatic carbocycles. The molecule has 0 bridgehead atoms. The zero-order chi connectivity index (χ0) is 11.9. The molecule has 0 aliphatic carbocycles. The van der Waals surface area contributed by atoms with Crippen molar-refractivity contribution in [1.82, 2.24) is 5.32 Å². The van der Waals surface area contributed by atoms with Gasteiger partial charge in [-0.15, -0.1) is 13.2 Å². The first-order valence-electron chi connectivity index (χ1n) is 5.13. The quantitative estimate of drug-likeness (QED) is 0.601. The molecule has 2 heteroatoms. The summed E-state index contributed by atoms with van der Waals surface area (Å²) in [6.07, 6.45) is 13.2. The summed E-state index contributed by atoms with van der Waals surface area (Å²) in [5.41, 5.74) is 0. The largest absolute Gasteiger partial charge is 0.394 e. The Bertz CT molecular complexity index is 174. The van der Waals surface area contributed by atoms with Gasteiger partial charge in [0.25, 0.3) is 0 Å². The highest BCUT2D eigenvalue weighted by molar-refractivity contribution is 5.11. The molecule has 1 rings (SSSR count). The van der Waals surface area contributed by atoms with Crippen molar-refractivity contribution < 1.29 is 5.11 Å². The first kappa shape index (κ1) is 16.2. The number of aliphatic hydroxyl groups excluding tert-OH is 1. The summed E-state index contributed by atoms with van der Waals surface area (Å²) in [6.45, 7) is 10.5. The summed E-state index contributed by atoms with van der Waals surface area (Å²) in [6, 6.07) is 0. The minimum absolute atomic E-state index is 0.167. The summed E-state index contributed by atoms with van der Waals surface area (Å²) < 4.78 is 0. The molecule has 0 aromatic rings. The Balaban J connectivity index is 0. The van der Waals surface area contributed by atoms with Gasteiger partial charge in [-0.2, -0.15) is 0 Å². The lowest BCUT2D eigenvalue weighted by molar-refractivity contribution is 0.216. The van der Waals surface area contributed by atoms with Crippen molar-refractivity contribution in [2.75, 3.05) is 6.54 Å². The smallest absolute Gasteiger partial charge is 0.0483 e. The van der Waals surface area contributed by atoms with Crippen LogP contribution in [-0.2, 0) is 0 Å². The highest BCUT2D eigenvalue weighted by Crippen LogP contribution is 1.86. The Kier molecular flexibility index (Phi) is 16.4. The Hall–Kier alpha value is -1.28. The van der Waals surface area contributed by atoms with Crippen LogP contribution < -0.4 is 5.32 Å². The lowest BCUT2D eigenvalue weighted by atomic mass is 10.3. The molecule has 0 fully saturated rings. The van der Waals surface area contributed by atoms with Gasteiger partial charge in [-0.1, -0.05) is 24.3 Å². The van der Waals surface area contributed by atoms with Crippen LogP contribution in [0.15, 0.2) is 49.7 Å². The van der Waals surface area contributed by atoms with Gasteiger partial charge < -0.3 is 10.4 Å². The Morgan fingerprint density at radius 1 is 1.13 bits per heavy atom. The molecule has 2 N–H and O–H groups in total. The van der Waals surface area contributed by atoms with Crippen molar-refractivity contribution in [3.8, 4) is 0 Å². The third-order valence-corrected chi connectivity index (χ3v) is 1.14. The Morgan fingerprint density at radius 3 is 2.27 bits per heavy atom. The standard InChI is InChI=1S/C8H11N.C3H8O.C2H4/c1-2-4-6-8-9-7-5-3-1;1-3(2)4;1-2/h1-5,7,9H,6,8H2;3-4H,1-2H3;1-2H2/b3-1-,4-2+,7-5+;;. The van der Waals surface area contributed by atoms with Crippen molar-refractivity contribution in [1.29, 1.82) is 0 Å². The van der Waals surface area contributed by atoms with Crippen LogP contribution in [0.3, 0.4) is 0 Å². The molecule has 15 heavy (non-hydrogen) atoms. The molecule has 0 unspecified atom stereocenters. The maximum atomic E-state index is 8.06. The van der Waals surface area contributed by atoms with Crippen molar-refractivity contribution >= 4 is 0 Å². The number of hydrogen-bond donors (Lipinski definition) is 2. The summed E-state index contributed by atoms with van der Waals surface area (Å²) in [7, 11) is 0. The fourth-order valence-corrected chi connectivity index (χ4v) is 0.677. The summed E-state index contributed by atoms with van der Waals surface area (Å²) in [5.74, 6) is 0. The van der Waals surface area contributed by atoms with Gasteiger partial charge in [-0.3, -0.25) is 0 Å². The monoisotopic (exact) mass is 209 g/mol. The molecule has 0 amide bonds. The second-order valence-electron chi connectivity index (χ2n) is 3.01. The van der Waals surface area contributed by atoms with Gasteiger partial charge in [0, 0.05) is 12.6 Å². The average molecular weight is 209 g/mol. The third-order valence-electron chi connectivity index (χ3n) is 1.14. The SMILES string of the molecule is C1=C\C=C\NCC/C=C/1.C=C.CC(C)O. The van der Waals surface area contributed by atoms with Crippen LogP contribution >= 0.6 is 0 Å². The molecular formula is C13H23NO. The summed E-state index contributed by atoms with van der Waals surface area (Å²) in [5, 5.41) is 11.2. The number of rotatable bonds is 0. The lowest BCUT2D eigenvalue weighted by Gasteiger charge is -1.92.